The standard InChI is InChI=1S/C37H40N4O3/c1-28(2)23-41(37(43)38-35-20-10-16-31-15-7-8-19-34(31)35)27-36(42)40(24-29-12-5-4-6-13-29)26-32-17-11-21-39(32)25-30-14-9-18-33(22-30)44-3/h4-22,28H,23-27H2,1-3H3,(H,38,43). The van der Waals surface area contributed by atoms with Crippen LogP contribution in [0.1, 0.15) is 30.7 Å². The fourth-order valence-electron chi connectivity index (χ4n) is 5.40. The molecule has 0 unspecified atom stereocenters. The lowest BCUT2D eigenvalue weighted by Gasteiger charge is -2.29. The molecule has 0 aliphatic rings. The summed E-state index contributed by atoms with van der Waals surface area (Å²) in [6.45, 7) is 6.02. The lowest BCUT2D eigenvalue weighted by molar-refractivity contribution is -0.133. The molecule has 1 heterocycles. The lowest BCUT2D eigenvalue weighted by atomic mass is 10.1. The molecule has 5 rings (SSSR count). The number of benzene rings is 4. The smallest absolute Gasteiger partial charge is 0.322 e. The van der Waals surface area contributed by atoms with E-state index in [1.54, 1.807) is 12.0 Å². The number of anilines is 1. The molecule has 1 N–H and O–H groups in total. The maximum atomic E-state index is 14.1. The number of nitrogens with one attached hydrogen (secondary N) is 1. The molecule has 0 aliphatic carbocycles. The Morgan fingerprint density at radius 2 is 1.52 bits per heavy atom. The quantitative estimate of drug-likeness (QED) is 0.165. The summed E-state index contributed by atoms with van der Waals surface area (Å²) in [5, 5.41) is 5.08. The second kappa shape index (κ2) is 14.4. The Hall–Kier alpha value is -5.04. The van der Waals surface area contributed by atoms with Gasteiger partial charge in [0, 0.05) is 36.9 Å². The van der Waals surface area contributed by atoms with Gasteiger partial charge in [-0.3, -0.25) is 4.79 Å². The number of amides is 3. The predicted octanol–water partition coefficient (Wildman–Crippen LogP) is 7.42. The van der Waals surface area contributed by atoms with Crippen LogP contribution in [0.3, 0.4) is 0 Å². The molecule has 7 heteroatoms. The van der Waals surface area contributed by atoms with Gasteiger partial charge in [0.2, 0.25) is 5.91 Å². The summed E-state index contributed by atoms with van der Waals surface area (Å²) in [5.41, 5.74) is 3.87. The lowest BCUT2D eigenvalue weighted by Crippen LogP contribution is -2.45. The third kappa shape index (κ3) is 7.86. The Morgan fingerprint density at radius 3 is 2.32 bits per heavy atom. The number of aromatic nitrogens is 1. The van der Waals surface area contributed by atoms with Gasteiger partial charge in [0.15, 0.2) is 0 Å². The van der Waals surface area contributed by atoms with E-state index >= 15 is 0 Å². The predicted molar refractivity (Wildman–Crippen MR) is 177 cm³/mol. The molecule has 1 aromatic heterocycles. The summed E-state index contributed by atoms with van der Waals surface area (Å²) >= 11 is 0. The molecule has 5 aromatic rings. The SMILES string of the molecule is COc1cccc(Cn2cccc2CN(Cc2ccccc2)C(=O)CN(CC(C)C)C(=O)Nc2cccc3ccccc23)c1. The Bertz CT molecular complexity index is 1690. The fourth-order valence-corrected chi connectivity index (χ4v) is 5.40. The van der Waals surface area contributed by atoms with E-state index < -0.39 is 0 Å². The number of rotatable bonds is 12. The summed E-state index contributed by atoms with van der Waals surface area (Å²) in [7, 11) is 1.66. The number of carbonyl (C=O) groups is 2. The van der Waals surface area contributed by atoms with Crippen molar-refractivity contribution in [3.8, 4) is 5.75 Å². The van der Waals surface area contributed by atoms with Crippen molar-refractivity contribution in [3.63, 3.8) is 0 Å². The number of fused-ring (bicyclic) bond motifs is 1. The second-order valence-corrected chi connectivity index (χ2v) is 11.4. The highest BCUT2D eigenvalue weighted by Crippen LogP contribution is 2.24. The van der Waals surface area contributed by atoms with Gasteiger partial charge < -0.3 is 24.4 Å². The first-order valence-corrected chi connectivity index (χ1v) is 15.0. The molecular formula is C37H40N4O3. The maximum absolute atomic E-state index is 14.1. The maximum Gasteiger partial charge on any atom is 0.322 e. The summed E-state index contributed by atoms with van der Waals surface area (Å²) in [4.78, 5) is 31.2. The van der Waals surface area contributed by atoms with Crippen LogP contribution in [0.4, 0.5) is 10.5 Å². The molecule has 0 aliphatic heterocycles. The zero-order chi connectivity index (χ0) is 30.9. The minimum Gasteiger partial charge on any atom is -0.497 e. The number of hydrogen-bond donors (Lipinski definition) is 1. The first-order valence-electron chi connectivity index (χ1n) is 15.0. The third-order valence-electron chi connectivity index (χ3n) is 7.56. The molecule has 7 nitrogen and oxygen atoms in total. The number of hydrogen-bond acceptors (Lipinski definition) is 3. The van der Waals surface area contributed by atoms with Crippen LogP contribution in [-0.2, 0) is 24.4 Å². The molecule has 0 atom stereocenters. The number of carbonyl (C=O) groups excluding carboxylic acids is 2. The van der Waals surface area contributed by atoms with E-state index in [1.807, 2.05) is 114 Å². The van der Waals surface area contributed by atoms with Crippen LogP contribution in [0, 0.1) is 5.92 Å². The Kier molecular flexibility index (Phi) is 9.97. The van der Waals surface area contributed by atoms with E-state index in [4.69, 9.17) is 4.74 Å². The minimum atomic E-state index is -0.288. The largest absolute Gasteiger partial charge is 0.497 e. The van der Waals surface area contributed by atoms with Gasteiger partial charge in [-0.1, -0.05) is 92.7 Å². The van der Waals surface area contributed by atoms with Crippen molar-refractivity contribution in [1.82, 2.24) is 14.4 Å². The first kappa shape index (κ1) is 30.4. The van der Waals surface area contributed by atoms with Crippen LogP contribution in [0.2, 0.25) is 0 Å². The Balaban J connectivity index is 1.37. The first-order chi connectivity index (χ1) is 21.4. The van der Waals surface area contributed by atoms with Crippen LogP contribution in [-0.4, -0.2) is 46.5 Å². The molecule has 0 radical (unpaired) electrons. The highest BCUT2D eigenvalue weighted by Gasteiger charge is 2.24. The molecule has 0 fully saturated rings. The fraction of sp³-hybridized carbons (Fsp3) is 0.243. The van der Waals surface area contributed by atoms with Gasteiger partial charge in [0.1, 0.15) is 12.3 Å². The molecule has 226 valence electrons. The average Bonchev–Trinajstić information content (AvgIpc) is 3.47. The van der Waals surface area contributed by atoms with E-state index in [-0.39, 0.29) is 24.4 Å². The molecule has 0 saturated carbocycles. The summed E-state index contributed by atoms with van der Waals surface area (Å²) in [5.74, 6) is 0.879. The van der Waals surface area contributed by atoms with Gasteiger partial charge in [-0.15, -0.1) is 0 Å². The average molecular weight is 589 g/mol. The van der Waals surface area contributed by atoms with E-state index in [9.17, 15) is 9.59 Å². The van der Waals surface area contributed by atoms with Crippen LogP contribution in [0.25, 0.3) is 10.8 Å². The van der Waals surface area contributed by atoms with Crippen LogP contribution >= 0.6 is 0 Å². The van der Waals surface area contributed by atoms with Crippen LogP contribution in [0.15, 0.2) is 115 Å². The highest BCUT2D eigenvalue weighted by atomic mass is 16.5. The monoisotopic (exact) mass is 588 g/mol. The summed E-state index contributed by atoms with van der Waals surface area (Å²) in [6.07, 6.45) is 2.03. The highest BCUT2D eigenvalue weighted by molar-refractivity contribution is 6.02. The van der Waals surface area contributed by atoms with Gasteiger partial charge in [0.05, 0.1) is 19.3 Å². The number of ether oxygens (including phenoxy) is 1. The van der Waals surface area contributed by atoms with Crippen LogP contribution < -0.4 is 10.1 Å². The van der Waals surface area contributed by atoms with E-state index in [0.717, 1.165) is 39.0 Å². The molecule has 3 amide bonds. The Labute approximate surface area is 259 Å². The molecular weight excluding hydrogens is 548 g/mol. The number of urea groups is 1. The molecule has 0 saturated heterocycles. The van der Waals surface area contributed by atoms with Gasteiger partial charge in [-0.25, -0.2) is 4.79 Å². The zero-order valence-corrected chi connectivity index (χ0v) is 25.6. The van der Waals surface area contributed by atoms with Gasteiger partial charge in [-0.2, -0.15) is 0 Å². The van der Waals surface area contributed by atoms with Crippen molar-refractivity contribution >= 4 is 28.4 Å². The normalized spacial score (nSPS) is 11.0. The third-order valence-corrected chi connectivity index (χ3v) is 7.56. The van der Waals surface area contributed by atoms with Crippen molar-refractivity contribution < 1.29 is 14.3 Å². The number of nitrogens with zero attached hydrogens (tertiary/aromatic N) is 3. The van der Waals surface area contributed by atoms with Crippen molar-refractivity contribution in [2.45, 2.75) is 33.5 Å². The van der Waals surface area contributed by atoms with Crippen LogP contribution in [0.5, 0.6) is 5.75 Å². The van der Waals surface area contributed by atoms with Gasteiger partial charge in [0.25, 0.3) is 0 Å². The van der Waals surface area contributed by atoms with Gasteiger partial charge >= 0.3 is 6.03 Å². The summed E-state index contributed by atoms with van der Waals surface area (Å²) < 4.78 is 7.56. The van der Waals surface area contributed by atoms with Crippen molar-refractivity contribution in [2.75, 3.05) is 25.5 Å². The number of methoxy groups -OCH3 is 1. The van der Waals surface area contributed by atoms with E-state index in [2.05, 4.69) is 29.8 Å². The molecule has 44 heavy (non-hydrogen) atoms. The molecule has 4 aromatic carbocycles. The van der Waals surface area contributed by atoms with Crippen molar-refractivity contribution in [3.05, 3.63) is 132 Å². The van der Waals surface area contributed by atoms with Crippen molar-refractivity contribution in [2.24, 2.45) is 5.92 Å². The topological polar surface area (TPSA) is 66.8 Å². The van der Waals surface area contributed by atoms with E-state index in [0.29, 0.717) is 26.2 Å². The second-order valence-electron chi connectivity index (χ2n) is 11.4. The minimum absolute atomic E-state index is 0.0296. The van der Waals surface area contributed by atoms with Gasteiger partial charge in [-0.05, 0) is 52.8 Å². The van der Waals surface area contributed by atoms with E-state index in [1.165, 1.54) is 0 Å². The molecule has 0 bridgehead atoms. The zero-order valence-electron chi connectivity index (χ0n) is 25.6. The van der Waals surface area contributed by atoms with Crippen molar-refractivity contribution in [1.29, 1.82) is 0 Å². The Morgan fingerprint density at radius 1 is 0.795 bits per heavy atom. The molecule has 0 spiro atoms. The summed E-state index contributed by atoms with van der Waals surface area (Å²) in [6, 6.07) is 35.5.